The lowest BCUT2D eigenvalue weighted by atomic mass is 10.0. The quantitative estimate of drug-likeness (QED) is 0.443. The predicted octanol–water partition coefficient (Wildman–Crippen LogP) is 1.49. The highest BCUT2D eigenvalue weighted by Crippen LogP contribution is 2.33. The molecule has 0 spiro atoms. The number of unbranched alkanes of at least 4 members (excludes halogenated alkanes) is 1. The number of hydrogen-bond donors (Lipinski definition) is 4. The van der Waals surface area contributed by atoms with Crippen LogP contribution in [0.5, 0.6) is 0 Å². The monoisotopic (exact) mass is 378 g/mol. The number of carbonyl (C=O) groups excluding carboxylic acids is 2. The number of carbonyl (C=O) groups is 2. The molecule has 3 rings (SSSR count). The van der Waals surface area contributed by atoms with Crippen LogP contribution in [-0.4, -0.2) is 50.2 Å². The van der Waals surface area contributed by atoms with Crippen molar-refractivity contribution in [3.63, 3.8) is 0 Å². The maximum atomic E-state index is 12.4. The lowest BCUT2D eigenvalue weighted by Gasteiger charge is -2.16. The Hall–Kier alpha value is -1.98. The van der Waals surface area contributed by atoms with E-state index in [-0.39, 0.29) is 30.5 Å². The third-order valence-corrected chi connectivity index (χ3v) is 5.59. The first-order chi connectivity index (χ1) is 11.8. The summed E-state index contributed by atoms with van der Waals surface area (Å²) in [7, 11) is 0. The summed E-state index contributed by atoms with van der Waals surface area (Å²) in [5, 5.41) is 13.4. The fourth-order valence-electron chi connectivity index (χ4n) is 2.91. The van der Waals surface area contributed by atoms with Crippen LogP contribution in [0.3, 0.4) is 0 Å². The van der Waals surface area contributed by atoms with E-state index < -0.39 is 17.9 Å². The molecule has 2 fully saturated rings. The number of aromatic amines is 1. The van der Waals surface area contributed by atoms with Crippen molar-refractivity contribution in [3.8, 4) is 0 Å². The van der Waals surface area contributed by atoms with Gasteiger partial charge in [0, 0.05) is 17.4 Å². The first-order valence-corrected chi connectivity index (χ1v) is 8.86. The molecule has 2 saturated heterocycles. The molecule has 2 aliphatic heterocycles. The van der Waals surface area contributed by atoms with E-state index in [0.717, 1.165) is 18.6 Å². The van der Waals surface area contributed by atoms with Crippen LogP contribution in [0.4, 0.5) is 23.9 Å². The van der Waals surface area contributed by atoms with Crippen molar-refractivity contribution in [1.29, 1.82) is 0 Å². The Kier molecular flexibility index (Phi) is 5.06. The third kappa shape index (κ3) is 4.35. The van der Waals surface area contributed by atoms with Gasteiger partial charge in [-0.3, -0.25) is 15.2 Å². The zero-order valence-electron chi connectivity index (χ0n) is 13.0. The summed E-state index contributed by atoms with van der Waals surface area (Å²) in [6, 6.07) is 0.157. The number of nitrogens with one attached hydrogen (secondary N) is 4. The molecule has 0 aliphatic carbocycles. The molecule has 1 aromatic rings. The minimum Gasteiger partial charge on any atom is -0.332 e. The highest BCUT2D eigenvalue weighted by molar-refractivity contribution is 8.00. The highest BCUT2D eigenvalue weighted by atomic mass is 32.2. The van der Waals surface area contributed by atoms with Crippen molar-refractivity contribution in [2.75, 3.05) is 11.1 Å². The third-order valence-electron chi connectivity index (χ3n) is 4.09. The molecule has 0 aromatic carbocycles. The summed E-state index contributed by atoms with van der Waals surface area (Å²) >= 11 is 1.79. The zero-order valence-corrected chi connectivity index (χ0v) is 13.8. The van der Waals surface area contributed by atoms with Gasteiger partial charge < -0.3 is 10.6 Å². The number of aromatic nitrogens is 3. The molecule has 3 heterocycles. The number of alkyl halides is 3. The number of halogens is 3. The SMILES string of the molecule is O=C(CCCCC1SCC2NC(=O)NC21)Nc1n[nH]c(C(F)(F)F)n1. The number of urea groups is 1. The van der Waals surface area contributed by atoms with E-state index in [1.54, 1.807) is 16.9 Å². The predicted molar refractivity (Wildman–Crippen MR) is 84.0 cm³/mol. The Labute approximate surface area is 145 Å². The summed E-state index contributed by atoms with van der Waals surface area (Å²) in [4.78, 5) is 26.2. The summed E-state index contributed by atoms with van der Waals surface area (Å²) in [6.45, 7) is 0. The topological polar surface area (TPSA) is 112 Å². The van der Waals surface area contributed by atoms with Gasteiger partial charge in [0.1, 0.15) is 0 Å². The Morgan fingerprint density at radius 2 is 2.12 bits per heavy atom. The number of fused-ring (bicyclic) bond motifs is 1. The van der Waals surface area contributed by atoms with Crippen LogP contribution in [0, 0.1) is 0 Å². The van der Waals surface area contributed by atoms with Gasteiger partial charge >= 0.3 is 12.2 Å². The van der Waals surface area contributed by atoms with Crippen molar-refractivity contribution in [2.24, 2.45) is 0 Å². The Balaban J connectivity index is 1.36. The molecular formula is C13H17F3N6O2S. The Bertz CT molecular complexity index is 652. The summed E-state index contributed by atoms with van der Waals surface area (Å²) < 4.78 is 37.1. The van der Waals surface area contributed by atoms with Crippen LogP contribution < -0.4 is 16.0 Å². The lowest BCUT2D eigenvalue weighted by molar-refractivity contribution is -0.144. The minimum absolute atomic E-state index is 0.125. The number of H-pyrrole nitrogens is 1. The van der Waals surface area contributed by atoms with E-state index in [1.165, 1.54) is 0 Å². The van der Waals surface area contributed by atoms with Gasteiger partial charge in [-0.15, -0.1) is 5.10 Å². The van der Waals surface area contributed by atoms with Crippen molar-refractivity contribution in [3.05, 3.63) is 5.82 Å². The van der Waals surface area contributed by atoms with Crippen LogP contribution in [0.25, 0.3) is 0 Å². The van der Waals surface area contributed by atoms with E-state index >= 15 is 0 Å². The zero-order chi connectivity index (χ0) is 18.0. The Morgan fingerprint density at radius 3 is 2.84 bits per heavy atom. The highest BCUT2D eigenvalue weighted by Gasteiger charge is 2.42. The number of thioether (sulfide) groups is 1. The van der Waals surface area contributed by atoms with Gasteiger partial charge in [0.05, 0.1) is 12.1 Å². The first-order valence-electron chi connectivity index (χ1n) is 7.81. The molecule has 25 heavy (non-hydrogen) atoms. The number of anilines is 1. The van der Waals surface area contributed by atoms with Crippen molar-refractivity contribution in [1.82, 2.24) is 25.8 Å². The lowest BCUT2D eigenvalue weighted by Crippen LogP contribution is -2.36. The van der Waals surface area contributed by atoms with Crippen molar-refractivity contribution >= 4 is 29.6 Å². The van der Waals surface area contributed by atoms with E-state index in [1.807, 2.05) is 0 Å². The second kappa shape index (κ2) is 7.10. The van der Waals surface area contributed by atoms with Gasteiger partial charge in [0.2, 0.25) is 17.7 Å². The van der Waals surface area contributed by atoms with Crippen LogP contribution in [0.15, 0.2) is 0 Å². The average molecular weight is 378 g/mol. The summed E-state index contributed by atoms with van der Waals surface area (Å²) in [5.74, 6) is -1.18. The number of amides is 3. The molecule has 3 unspecified atom stereocenters. The molecule has 12 heteroatoms. The largest absolute Gasteiger partial charge is 0.451 e. The maximum Gasteiger partial charge on any atom is 0.451 e. The van der Waals surface area contributed by atoms with E-state index in [4.69, 9.17) is 0 Å². The molecule has 2 aliphatic rings. The van der Waals surface area contributed by atoms with E-state index in [0.29, 0.717) is 11.7 Å². The Morgan fingerprint density at radius 1 is 1.32 bits per heavy atom. The smallest absolute Gasteiger partial charge is 0.332 e. The van der Waals surface area contributed by atoms with Crippen LogP contribution >= 0.6 is 11.8 Å². The van der Waals surface area contributed by atoms with Crippen molar-refractivity contribution < 1.29 is 22.8 Å². The van der Waals surface area contributed by atoms with Crippen LogP contribution in [0.1, 0.15) is 31.5 Å². The van der Waals surface area contributed by atoms with Gasteiger partial charge in [-0.05, 0) is 12.8 Å². The molecule has 0 saturated carbocycles. The molecule has 1 aromatic heterocycles. The number of rotatable bonds is 6. The van der Waals surface area contributed by atoms with Gasteiger partial charge in [-0.2, -0.15) is 29.9 Å². The second-order valence-corrected chi connectivity index (χ2v) is 7.19. The first kappa shape index (κ1) is 17.8. The average Bonchev–Trinajstić information content (AvgIpc) is 3.19. The molecule has 8 nitrogen and oxygen atoms in total. The number of nitrogens with zero attached hydrogens (tertiary/aromatic N) is 2. The van der Waals surface area contributed by atoms with Gasteiger partial charge in [0.15, 0.2) is 0 Å². The van der Waals surface area contributed by atoms with Crippen LogP contribution in [0.2, 0.25) is 0 Å². The summed E-state index contributed by atoms with van der Waals surface area (Å²) in [6.07, 6.45) is -2.21. The molecule has 138 valence electrons. The molecule has 3 amide bonds. The van der Waals surface area contributed by atoms with E-state index in [2.05, 4.69) is 26.0 Å². The standard InChI is InChI=1S/C13H17F3N6O2S/c14-13(15,16)10-20-11(22-21-10)18-8(23)4-2-1-3-7-9-6(5-25-7)17-12(24)19-9/h6-7,9H,1-5H2,(H2,17,19,24)(H2,18,20,21,22,23). The van der Waals surface area contributed by atoms with Gasteiger partial charge in [0.25, 0.3) is 0 Å². The molecule has 0 bridgehead atoms. The second-order valence-electron chi connectivity index (χ2n) is 5.92. The molecule has 0 radical (unpaired) electrons. The fraction of sp³-hybridized carbons (Fsp3) is 0.692. The minimum atomic E-state index is -4.63. The summed E-state index contributed by atoms with van der Waals surface area (Å²) in [5.41, 5.74) is 0. The molecule has 3 atom stereocenters. The van der Waals surface area contributed by atoms with Gasteiger partial charge in [-0.25, -0.2) is 4.79 Å². The normalized spacial score (nSPS) is 25.4. The molecule has 4 N–H and O–H groups in total. The fourth-order valence-corrected chi connectivity index (χ4v) is 4.45. The van der Waals surface area contributed by atoms with Crippen LogP contribution in [-0.2, 0) is 11.0 Å². The molecular weight excluding hydrogens is 361 g/mol. The van der Waals surface area contributed by atoms with E-state index in [9.17, 15) is 22.8 Å². The maximum absolute atomic E-state index is 12.4. The van der Waals surface area contributed by atoms with Gasteiger partial charge in [-0.1, -0.05) is 6.42 Å². The number of hydrogen-bond acceptors (Lipinski definition) is 5. The van der Waals surface area contributed by atoms with Crippen molar-refractivity contribution in [2.45, 2.75) is 49.2 Å².